The number of carbonyl (C=O) groups excluding carboxylic acids is 1. The number of alkyl halides is 3. The van der Waals surface area contributed by atoms with Crippen molar-refractivity contribution in [2.75, 3.05) is 6.61 Å². The van der Waals surface area contributed by atoms with E-state index in [1.54, 1.807) is 0 Å². The molecule has 7 heteroatoms. The fourth-order valence-corrected chi connectivity index (χ4v) is 1.13. The summed E-state index contributed by atoms with van der Waals surface area (Å²) in [6.45, 7) is 1.47. The van der Waals surface area contributed by atoms with E-state index in [0.29, 0.717) is 19.0 Å². The van der Waals surface area contributed by atoms with E-state index < -0.39 is 23.4 Å². The highest BCUT2D eigenvalue weighted by Crippen LogP contribution is 2.29. The van der Waals surface area contributed by atoms with Gasteiger partial charge < -0.3 is 10.5 Å². The van der Waals surface area contributed by atoms with Crippen LogP contribution in [0.15, 0.2) is 16.8 Å². The molecule has 1 saturated carbocycles. The van der Waals surface area contributed by atoms with Crippen LogP contribution in [0.3, 0.4) is 0 Å². The van der Waals surface area contributed by atoms with Crippen molar-refractivity contribution in [1.82, 2.24) is 0 Å². The van der Waals surface area contributed by atoms with E-state index in [9.17, 15) is 18.0 Å². The largest absolute Gasteiger partial charge is 0.462 e. The summed E-state index contributed by atoms with van der Waals surface area (Å²) < 4.78 is 42.6. The first-order valence-corrected chi connectivity index (χ1v) is 5.14. The van der Waals surface area contributed by atoms with Crippen molar-refractivity contribution in [3.05, 3.63) is 11.8 Å². The minimum Gasteiger partial charge on any atom is -0.462 e. The van der Waals surface area contributed by atoms with Crippen LogP contribution < -0.4 is 5.73 Å². The van der Waals surface area contributed by atoms with Crippen LogP contribution in [0.5, 0.6) is 0 Å². The molecule has 96 valence electrons. The number of esters is 1. The summed E-state index contributed by atoms with van der Waals surface area (Å²) in [5, 5.41) is 0. The number of hydrogen-bond donors (Lipinski definition) is 1. The van der Waals surface area contributed by atoms with Crippen molar-refractivity contribution in [2.24, 2.45) is 10.7 Å². The summed E-state index contributed by atoms with van der Waals surface area (Å²) in [4.78, 5) is 14.8. The zero-order chi connectivity index (χ0) is 13.1. The molecule has 0 spiro atoms. The van der Waals surface area contributed by atoms with Gasteiger partial charge in [0.25, 0.3) is 0 Å². The fourth-order valence-electron chi connectivity index (χ4n) is 1.13. The molecule has 4 nitrogen and oxygen atoms in total. The van der Waals surface area contributed by atoms with Crippen LogP contribution in [0.2, 0.25) is 0 Å². The van der Waals surface area contributed by atoms with E-state index >= 15 is 0 Å². The Kier molecular flexibility index (Phi) is 4.14. The first-order valence-electron chi connectivity index (χ1n) is 5.14. The van der Waals surface area contributed by atoms with Crippen LogP contribution >= 0.6 is 0 Å². The maximum Gasteiger partial charge on any atom is 0.433 e. The molecule has 0 unspecified atom stereocenters. The molecule has 2 N–H and O–H groups in total. The molecule has 0 atom stereocenters. The normalized spacial score (nSPS) is 18.1. The van der Waals surface area contributed by atoms with Gasteiger partial charge in [0.15, 0.2) is 5.71 Å². The van der Waals surface area contributed by atoms with Crippen molar-refractivity contribution in [3.63, 3.8) is 0 Å². The quantitative estimate of drug-likeness (QED) is 0.468. The van der Waals surface area contributed by atoms with Crippen LogP contribution in [0.25, 0.3) is 0 Å². The van der Waals surface area contributed by atoms with Gasteiger partial charge in [-0.2, -0.15) is 13.2 Å². The van der Waals surface area contributed by atoms with Crippen molar-refractivity contribution >= 4 is 11.7 Å². The Morgan fingerprint density at radius 1 is 1.53 bits per heavy atom. The average molecular weight is 250 g/mol. The van der Waals surface area contributed by atoms with Gasteiger partial charge in [-0.3, -0.25) is 4.99 Å². The van der Waals surface area contributed by atoms with Gasteiger partial charge in [0.2, 0.25) is 0 Å². The number of carbonyl (C=O) groups is 1. The second-order valence-corrected chi connectivity index (χ2v) is 3.51. The second kappa shape index (κ2) is 5.20. The number of halogens is 3. The fraction of sp³-hybridized carbons (Fsp3) is 0.600. The lowest BCUT2D eigenvalue weighted by molar-refractivity contribution is -0.138. The molecule has 0 saturated heterocycles. The smallest absolute Gasteiger partial charge is 0.433 e. The third kappa shape index (κ3) is 3.76. The van der Waals surface area contributed by atoms with Gasteiger partial charge >= 0.3 is 12.1 Å². The highest BCUT2D eigenvalue weighted by molar-refractivity contribution is 6.22. The molecule has 0 aromatic rings. The Balaban J connectivity index is 2.99. The highest BCUT2D eigenvalue weighted by atomic mass is 19.4. The van der Waals surface area contributed by atoms with Gasteiger partial charge in [-0.05, 0) is 19.8 Å². The number of nitrogens with zero attached hydrogens (tertiary/aromatic N) is 1. The average Bonchev–Trinajstić information content (AvgIpc) is 3.00. The molecule has 1 aliphatic carbocycles. The lowest BCUT2D eigenvalue weighted by Crippen LogP contribution is -2.30. The van der Waals surface area contributed by atoms with E-state index in [2.05, 4.69) is 9.73 Å². The summed E-state index contributed by atoms with van der Waals surface area (Å²) in [7, 11) is 0. The van der Waals surface area contributed by atoms with Crippen LogP contribution in [0, 0.1) is 0 Å². The van der Waals surface area contributed by atoms with E-state index in [0.717, 1.165) is 0 Å². The maximum atomic E-state index is 12.7. The second-order valence-electron chi connectivity index (χ2n) is 3.51. The van der Waals surface area contributed by atoms with Gasteiger partial charge in [0.05, 0.1) is 12.6 Å². The summed E-state index contributed by atoms with van der Waals surface area (Å²) in [6, 6.07) is -0.365. The Morgan fingerprint density at radius 2 is 2.12 bits per heavy atom. The molecule has 1 rings (SSSR count). The molecule has 17 heavy (non-hydrogen) atoms. The van der Waals surface area contributed by atoms with Gasteiger partial charge in [0.1, 0.15) is 5.57 Å². The lowest BCUT2D eigenvalue weighted by Gasteiger charge is -2.12. The minimum absolute atomic E-state index is 0.0231. The van der Waals surface area contributed by atoms with Crippen LogP contribution in [-0.4, -0.2) is 30.5 Å². The minimum atomic E-state index is -4.71. The monoisotopic (exact) mass is 250 g/mol. The molecule has 0 aromatic carbocycles. The van der Waals surface area contributed by atoms with Crippen LogP contribution in [-0.2, 0) is 9.53 Å². The number of ether oxygens (including phenoxy) is 1. The lowest BCUT2D eigenvalue weighted by atomic mass is 10.1. The summed E-state index contributed by atoms with van der Waals surface area (Å²) in [5.41, 5.74) is 3.07. The molecule has 1 fully saturated rings. The number of aliphatic imine (C=N–C) groups is 1. The number of nitrogens with two attached hydrogens (primary N) is 1. The van der Waals surface area contributed by atoms with Gasteiger partial charge in [-0.15, -0.1) is 0 Å². The maximum absolute atomic E-state index is 12.7. The van der Waals surface area contributed by atoms with Crippen molar-refractivity contribution in [2.45, 2.75) is 32.0 Å². The van der Waals surface area contributed by atoms with Crippen LogP contribution in [0.4, 0.5) is 13.2 Å². The Hall–Kier alpha value is -1.53. The van der Waals surface area contributed by atoms with Crippen molar-refractivity contribution < 1.29 is 22.7 Å². The summed E-state index contributed by atoms with van der Waals surface area (Å²) in [6.07, 6.45) is -2.92. The first kappa shape index (κ1) is 13.5. The zero-order valence-corrected chi connectivity index (χ0v) is 9.25. The third-order valence-corrected chi connectivity index (χ3v) is 2.04. The highest BCUT2D eigenvalue weighted by Gasteiger charge is 2.42. The summed E-state index contributed by atoms with van der Waals surface area (Å²) >= 11 is 0. The molecular weight excluding hydrogens is 237 g/mol. The van der Waals surface area contributed by atoms with E-state index in [1.807, 2.05) is 0 Å². The van der Waals surface area contributed by atoms with Gasteiger partial charge in [0, 0.05) is 6.20 Å². The predicted molar refractivity (Wildman–Crippen MR) is 55.4 cm³/mol. The molecule has 0 amide bonds. The summed E-state index contributed by atoms with van der Waals surface area (Å²) in [5.74, 6) is -1.10. The standard InChI is InChI=1S/C10H13F3N2O2/c1-2-17-9(16)7(5-14)8(10(11,12)13)15-6-3-4-6/h5-6H,2-4,14H2,1H3/b7-5+,15-8?. The SMILES string of the molecule is CCOC(=O)/C(=C/N)C(=NC1CC1)C(F)(F)F. The molecule has 1 aliphatic rings. The predicted octanol–water partition coefficient (Wildman–Crippen LogP) is 1.56. The molecule has 0 aromatic heterocycles. The Morgan fingerprint density at radius 3 is 2.47 bits per heavy atom. The van der Waals surface area contributed by atoms with E-state index in [1.165, 1.54) is 6.92 Å². The number of hydrogen-bond acceptors (Lipinski definition) is 4. The number of rotatable bonds is 4. The van der Waals surface area contributed by atoms with E-state index in [-0.39, 0.29) is 12.6 Å². The van der Waals surface area contributed by atoms with E-state index in [4.69, 9.17) is 5.73 Å². The zero-order valence-electron chi connectivity index (χ0n) is 9.25. The van der Waals surface area contributed by atoms with Crippen LogP contribution in [0.1, 0.15) is 19.8 Å². The van der Waals surface area contributed by atoms with Gasteiger partial charge in [-0.25, -0.2) is 4.79 Å². The Bertz CT molecular complexity index is 357. The first-order chi connectivity index (χ1) is 7.90. The molecule has 0 radical (unpaired) electrons. The molecule has 0 aliphatic heterocycles. The Labute approximate surface area is 96.3 Å². The third-order valence-electron chi connectivity index (χ3n) is 2.04. The molecule has 0 bridgehead atoms. The topological polar surface area (TPSA) is 64.7 Å². The van der Waals surface area contributed by atoms with Crippen molar-refractivity contribution in [1.29, 1.82) is 0 Å². The molecular formula is C10H13F3N2O2. The van der Waals surface area contributed by atoms with Gasteiger partial charge in [-0.1, -0.05) is 0 Å². The molecule has 0 heterocycles. The van der Waals surface area contributed by atoms with Crippen molar-refractivity contribution in [3.8, 4) is 0 Å².